The zero-order chi connectivity index (χ0) is 19.2. The predicted octanol–water partition coefficient (Wildman–Crippen LogP) is 2.78. The average Bonchev–Trinajstić information content (AvgIpc) is 3.15. The van der Waals surface area contributed by atoms with Gasteiger partial charge in [0.1, 0.15) is 11.5 Å². The highest BCUT2D eigenvalue weighted by molar-refractivity contribution is 5.94. The Kier molecular flexibility index (Phi) is 6.05. The third-order valence-electron chi connectivity index (χ3n) is 4.06. The SMILES string of the molecule is O=C(CC[C@@H](O)CO)c1ccc(Cc2ncc(-c3ccc(F)cc3)o2)cn1. The second-order valence-electron chi connectivity index (χ2n) is 6.15. The molecule has 0 fully saturated rings. The lowest BCUT2D eigenvalue weighted by Gasteiger charge is -2.06. The van der Waals surface area contributed by atoms with Gasteiger partial charge >= 0.3 is 0 Å². The van der Waals surface area contributed by atoms with E-state index in [0.717, 1.165) is 11.1 Å². The number of pyridine rings is 1. The first-order chi connectivity index (χ1) is 13.0. The molecule has 0 aliphatic carbocycles. The number of ketones is 1. The second-order valence-corrected chi connectivity index (χ2v) is 6.15. The number of hydrogen-bond donors (Lipinski definition) is 2. The van der Waals surface area contributed by atoms with Crippen LogP contribution >= 0.6 is 0 Å². The van der Waals surface area contributed by atoms with Gasteiger partial charge in [-0.15, -0.1) is 0 Å². The molecule has 0 radical (unpaired) electrons. The molecule has 1 atom stereocenters. The van der Waals surface area contributed by atoms with Crippen molar-refractivity contribution in [2.45, 2.75) is 25.4 Å². The van der Waals surface area contributed by atoms with Gasteiger partial charge in [-0.3, -0.25) is 9.78 Å². The van der Waals surface area contributed by atoms with Gasteiger partial charge in [-0.2, -0.15) is 0 Å². The number of aromatic nitrogens is 2. The van der Waals surface area contributed by atoms with Gasteiger partial charge in [0.25, 0.3) is 0 Å². The zero-order valence-corrected chi connectivity index (χ0v) is 14.5. The van der Waals surface area contributed by atoms with E-state index in [9.17, 15) is 14.3 Å². The predicted molar refractivity (Wildman–Crippen MR) is 95.6 cm³/mol. The molecule has 0 saturated heterocycles. The zero-order valence-electron chi connectivity index (χ0n) is 14.5. The summed E-state index contributed by atoms with van der Waals surface area (Å²) < 4.78 is 18.7. The van der Waals surface area contributed by atoms with Crippen LogP contribution in [0.25, 0.3) is 11.3 Å². The molecule has 0 amide bonds. The van der Waals surface area contributed by atoms with Gasteiger partial charge in [0.2, 0.25) is 0 Å². The van der Waals surface area contributed by atoms with Crippen LogP contribution < -0.4 is 0 Å². The lowest BCUT2D eigenvalue weighted by molar-refractivity contribution is 0.0777. The van der Waals surface area contributed by atoms with Crippen molar-refractivity contribution in [2.24, 2.45) is 0 Å². The van der Waals surface area contributed by atoms with Crippen molar-refractivity contribution in [1.82, 2.24) is 9.97 Å². The van der Waals surface area contributed by atoms with Crippen molar-refractivity contribution in [2.75, 3.05) is 6.61 Å². The van der Waals surface area contributed by atoms with E-state index in [1.807, 2.05) is 0 Å². The van der Waals surface area contributed by atoms with Crippen LogP contribution in [0.15, 0.2) is 53.2 Å². The Morgan fingerprint density at radius 1 is 1.11 bits per heavy atom. The van der Waals surface area contributed by atoms with Crippen molar-refractivity contribution in [3.05, 3.63) is 71.8 Å². The number of Topliss-reactive ketones (excluding diaryl/α,β-unsaturated/α-hetero) is 1. The van der Waals surface area contributed by atoms with Crippen molar-refractivity contribution in [1.29, 1.82) is 0 Å². The molecule has 27 heavy (non-hydrogen) atoms. The van der Waals surface area contributed by atoms with Crippen LogP contribution in [0.4, 0.5) is 4.39 Å². The molecule has 1 aromatic carbocycles. The number of oxazole rings is 1. The number of aliphatic hydroxyl groups excluding tert-OH is 2. The smallest absolute Gasteiger partial charge is 0.199 e. The third-order valence-corrected chi connectivity index (χ3v) is 4.06. The van der Waals surface area contributed by atoms with E-state index in [2.05, 4.69) is 9.97 Å². The molecule has 0 unspecified atom stereocenters. The normalized spacial score (nSPS) is 12.1. The van der Waals surface area contributed by atoms with Crippen LogP contribution in [0, 0.1) is 5.82 Å². The van der Waals surface area contributed by atoms with Crippen LogP contribution in [-0.4, -0.2) is 38.7 Å². The Balaban J connectivity index is 1.61. The summed E-state index contributed by atoms with van der Waals surface area (Å²) in [6.07, 6.45) is 2.99. The van der Waals surface area contributed by atoms with Crippen LogP contribution in [0.3, 0.4) is 0 Å². The maximum atomic E-state index is 13.0. The molecule has 3 aromatic rings. The Morgan fingerprint density at radius 3 is 2.56 bits per heavy atom. The van der Waals surface area contributed by atoms with E-state index in [-0.39, 0.29) is 31.0 Å². The molecule has 0 aliphatic rings. The first-order valence-electron chi connectivity index (χ1n) is 8.53. The molecule has 0 bridgehead atoms. The minimum absolute atomic E-state index is 0.120. The van der Waals surface area contributed by atoms with Gasteiger partial charge < -0.3 is 14.6 Å². The second kappa shape index (κ2) is 8.66. The summed E-state index contributed by atoms with van der Waals surface area (Å²) in [5, 5.41) is 18.1. The number of aliphatic hydroxyl groups is 2. The van der Waals surface area contributed by atoms with E-state index < -0.39 is 6.10 Å². The van der Waals surface area contributed by atoms with Gasteiger partial charge in [-0.25, -0.2) is 9.37 Å². The topological polar surface area (TPSA) is 96.5 Å². The minimum atomic E-state index is -0.895. The molecule has 6 nitrogen and oxygen atoms in total. The van der Waals surface area contributed by atoms with E-state index in [4.69, 9.17) is 9.52 Å². The Morgan fingerprint density at radius 2 is 1.89 bits per heavy atom. The molecule has 2 heterocycles. The summed E-state index contributed by atoms with van der Waals surface area (Å²) >= 11 is 0. The molecular weight excluding hydrogens is 351 g/mol. The van der Waals surface area contributed by atoms with Crippen LogP contribution in [0.2, 0.25) is 0 Å². The molecular formula is C20H19FN2O4. The van der Waals surface area contributed by atoms with Gasteiger partial charge in [0, 0.05) is 18.2 Å². The highest BCUT2D eigenvalue weighted by atomic mass is 19.1. The maximum absolute atomic E-state index is 13.0. The Bertz CT molecular complexity index is 891. The summed E-state index contributed by atoms with van der Waals surface area (Å²) in [6, 6.07) is 9.34. The summed E-state index contributed by atoms with van der Waals surface area (Å²) in [4.78, 5) is 20.4. The van der Waals surface area contributed by atoms with Gasteiger partial charge in [0.05, 0.1) is 25.3 Å². The molecule has 3 rings (SSSR count). The van der Waals surface area contributed by atoms with E-state index in [1.165, 1.54) is 12.1 Å². The van der Waals surface area contributed by atoms with E-state index in [1.54, 1.807) is 36.7 Å². The molecule has 7 heteroatoms. The van der Waals surface area contributed by atoms with Crippen molar-refractivity contribution >= 4 is 5.78 Å². The first-order valence-corrected chi connectivity index (χ1v) is 8.53. The number of hydrogen-bond acceptors (Lipinski definition) is 6. The van der Waals surface area contributed by atoms with Crippen molar-refractivity contribution < 1.29 is 23.8 Å². The Hall–Kier alpha value is -2.90. The number of carbonyl (C=O) groups excluding carboxylic acids is 1. The fraction of sp³-hybridized carbons (Fsp3) is 0.250. The first kappa shape index (κ1) is 18.9. The number of nitrogens with zero attached hydrogens (tertiary/aromatic N) is 2. The highest BCUT2D eigenvalue weighted by Gasteiger charge is 2.12. The van der Waals surface area contributed by atoms with Crippen LogP contribution in [-0.2, 0) is 6.42 Å². The van der Waals surface area contributed by atoms with E-state index >= 15 is 0 Å². The van der Waals surface area contributed by atoms with Crippen LogP contribution in [0.5, 0.6) is 0 Å². The quantitative estimate of drug-likeness (QED) is 0.592. The molecule has 2 N–H and O–H groups in total. The lowest BCUT2D eigenvalue weighted by atomic mass is 10.1. The van der Waals surface area contributed by atoms with Gasteiger partial charge in [-0.1, -0.05) is 6.07 Å². The third kappa shape index (κ3) is 5.06. The summed E-state index contributed by atoms with van der Waals surface area (Å²) in [6.45, 7) is -0.365. The monoisotopic (exact) mass is 370 g/mol. The molecule has 2 aromatic heterocycles. The Labute approximate surface area is 155 Å². The fourth-order valence-corrected chi connectivity index (χ4v) is 2.53. The lowest BCUT2D eigenvalue weighted by Crippen LogP contribution is -2.14. The number of carbonyl (C=O) groups is 1. The molecule has 140 valence electrons. The average molecular weight is 370 g/mol. The largest absolute Gasteiger partial charge is 0.440 e. The van der Waals surface area contributed by atoms with E-state index in [0.29, 0.717) is 23.8 Å². The van der Waals surface area contributed by atoms with Gasteiger partial charge in [0.15, 0.2) is 17.4 Å². The number of rotatable bonds is 8. The highest BCUT2D eigenvalue weighted by Crippen LogP contribution is 2.21. The van der Waals surface area contributed by atoms with Gasteiger partial charge in [-0.05, 0) is 42.3 Å². The number of halogens is 1. The molecule has 0 saturated carbocycles. The maximum Gasteiger partial charge on any atom is 0.199 e. The molecule has 0 spiro atoms. The van der Waals surface area contributed by atoms with Crippen molar-refractivity contribution in [3.8, 4) is 11.3 Å². The summed E-state index contributed by atoms with van der Waals surface area (Å²) in [5.74, 6) is 0.530. The molecule has 0 aliphatic heterocycles. The fourth-order valence-electron chi connectivity index (χ4n) is 2.53. The summed E-state index contributed by atoms with van der Waals surface area (Å²) in [7, 11) is 0. The van der Waals surface area contributed by atoms with Crippen molar-refractivity contribution in [3.63, 3.8) is 0 Å². The minimum Gasteiger partial charge on any atom is -0.440 e. The summed E-state index contributed by atoms with van der Waals surface area (Å²) in [5.41, 5.74) is 1.87. The number of benzene rings is 1. The standard InChI is InChI=1S/C20H19FN2O4/c21-15-4-2-14(3-5-15)19-11-23-20(27-19)9-13-1-7-17(22-10-13)18(26)8-6-16(25)12-24/h1-5,7,10-11,16,24-25H,6,8-9,12H2/t16-/m1/s1. The van der Waals surface area contributed by atoms with Crippen LogP contribution in [0.1, 0.15) is 34.8 Å².